The van der Waals surface area contributed by atoms with Gasteiger partial charge in [-0.3, -0.25) is 4.79 Å². The van der Waals surface area contributed by atoms with Crippen molar-refractivity contribution >= 4 is 11.9 Å². The van der Waals surface area contributed by atoms with Crippen molar-refractivity contribution in [1.82, 2.24) is 0 Å². The van der Waals surface area contributed by atoms with Crippen LogP contribution in [0.5, 0.6) is 0 Å². The average molecular weight is 1160 g/mol. The third-order valence-corrected chi connectivity index (χ3v) is 20.0. The zero-order valence-electron chi connectivity index (χ0n) is 51.0. The summed E-state index contributed by atoms with van der Waals surface area (Å²) in [6.07, 6.45) is 20.5. The topological polar surface area (TPSA) is 107 Å². The number of carbonyl (C=O) groups excluding carboxylic acids is 2. The molecular weight excluding hydrogens is 1040 g/mol. The first-order chi connectivity index (χ1) is 34.9. The van der Waals surface area contributed by atoms with Gasteiger partial charge in [-0.15, -0.1) is 0 Å². The molecule has 7 rings (SSSR count). The Labute approximate surface area is 497 Å². The number of carbonyl (C=O) groups is 2. The molecule has 2 aromatic rings. The van der Waals surface area contributed by atoms with E-state index in [1.807, 2.05) is 6.92 Å². The largest absolute Gasteiger partial charge is 1.00 e. The summed E-state index contributed by atoms with van der Waals surface area (Å²) in [4.78, 5) is 27.1. The third-order valence-electron chi connectivity index (χ3n) is 20.0. The van der Waals surface area contributed by atoms with Gasteiger partial charge in [-0.2, -0.15) is 0 Å². The van der Waals surface area contributed by atoms with E-state index < -0.39 is 0 Å². The van der Waals surface area contributed by atoms with Crippen LogP contribution in [0.4, 0.5) is 0 Å². The lowest BCUT2D eigenvalue weighted by atomic mass is 9.32. The lowest BCUT2D eigenvalue weighted by Gasteiger charge is -2.73. The molecule has 0 aliphatic heterocycles. The van der Waals surface area contributed by atoms with Crippen LogP contribution in [-0.4, -0.2) is 71.5 Å². The van der Waals surface area contributed by atoms with E-state index in [1.165, 1.54) is 112 Å². The molecule has 2 aromatic carbocycles. The van der Waals surface area contributed by atoms with Crippen LogP contribution in [0, 0.1) is 56.7 Å². The van der Waals surface area contributed by atoms with E-state index in [9.17, 15) is 9.59 Å². The highest BCUT2D eigenvalue weighted by molar-refractivity contribution is 5.70. The van der Waals surface area contributed by atoms with Gasteiger partial charge in [-0.25, -0.2) is 4.79 Å². The lowest BCUT2D eigenvalue weighted by molar-refractivity contribution is -0.906. The minimum atomic E-state index is -0.0549. The Morgan fingerprint density at radius 2 is 1.26 bits per heavy atom. The molecule has 0 radical (unpaired) electrons. The van der Waals surface area contributed by atoms with Crippen molar-refractivity contribution in [2.24, 2.45) is 56.7 Å². The van der Waals surface area contributed by atoms with Crippen LogP contribution in [0.3, 0.4) is 0 Å². The molecule has 11 atom stereocenters. The van der Waals surface area contributed by atoms with E-state index in [1.54, 1.807) is 0 Å². The monoisotopic (exact) mass is 1150 g/mol. The fraction of sp³-hybridized carbons (Fsp3) is 0.754. The van der Waals surface area contributed by atoms with Crippen molar-refractivity contribution in [3.63, 3.8) is 0 Å². The first kappa shape index (κ1) is 75.1. The van der Waals surface area contributed by atoms with Gasteiger partial charge in [0.1, 0.15) is 45.4 Å². The molecule has 5 aliphatic rings. The van der Waals surface area contributed by atoms with Gasteiger partial charge in [-0.1, -0.05) is 181 Å². The zero-order valence-corrected chi connectivity index (χ0v) is 54.0. The quantitative estimate of drug-likeness (QED) is 0.0670. The number of fused-ring (bicyclic) bond motifs is 7. The average Bonchev–Trinajstić information content (AvgIpc) is 3.77. The van der Waals surface area contributed by atoms with E-state index in [-0.39, 0.29) is 94.7 Å². The molecule has 0 spiro atoms. The Kier molecular flexibility index (Phi) is 35.7. The normalized spacial score (nSPS) is 29.3. The number of esters is 2. The molecule has 8 nitrogen and oxygen atoms in total. The number of rotatable bonds is 21. The van der Waals surface area contributed by atoms with Gasteiger partial charge in [-0.05, 0) is 117 Å². The SMILES string of the molecule is C=C(C)[C@@H]1CC[C@]2(COC(=O)C[NH2+]CC[NH+](C)Cc3ccccc3)CC[C@]3(C)C(CCC4[C@@]5(C)CC[C@H](OC(=O)CC)C(C)(C)C5CC[C@]43C)C12.CCCCC.CCCCC.C[NH2+]CC[NH2+]Cc1ccccc1.[Cl-].[Cl-].[Cl-].[Cl-]. The summed E-state index contributed by atoms with van der Waals surface area (Å²) in [7, 11) is 4.33. The first-order valence-corrected chi connectivity index (χ1v) is 30.2. The van der Waals surface area contributed by atoms with Crippen LogP contribution in [0.2, 0.25) is 0 Å². The zero-order chi connectivity index (χ0) is 53.7. The Balaban J connectivity index is 0.00000186. The Bertz CT molecular complexity index is 1920. The van der Waals surface area contributed by atoms with Crippen molar-refractivity contribution in [3.8, 4) is 0 Å². The second kappa shape index (κ2) is 36.6. The summed E-state index contributed by atoms with van der Waals surface area (Å²) >= 11 is 0. The predicted octanol–water partition coefficient (Wildman–Crippen LogP) is -1.86. The number of nitrogens with two attached hydrogens (primary N) is 3. The van der Waals surface area contributed by atoms with E-state index >= 15 is 0 Å². The van der Waals surface area contributed by atoms with Crippen LogP contribution in [0.25, 0.3) is 0 Å². The molecule has 5 unspecified atom stereocenters. The summed E-state index contributed by atoms with van der Waals surface area (Å²) < 4.78 is 12.4. The molecule has 446 valence electrons. The number of ether oxygens (including phenoxy) is 2. The number of benzene rings is 2. The summed E-state index contributed by atoms with van der Waals surface area (Å²) in [5.41, 5.74) is 4.90. The second-order valence-corrected chi connectivity index (χ2v) is 25.2. The van der Waals surface area contributed by atoms with Crippen LogP contribution >= 0.6 is 0 Å². The smallest absolute Gasteiger partial charge is 0.361 e. The first-order valence-electron chi connectivity index (χ1n) is 30.2. The summed E-state index contributed by atoms with van der Waals surface area (Å²) in [6.45, 7) is 37.8. The fourth-order valence-corrected chi connectivity index (χ4v) is 15.7. The molecule has 0 aromatic heterocycles. The number of allylic oxidation sites excluding steroid dienone is 1. The van der Waals surface area contributed by atoms with Crippen molar-refractivity contribution < 1.29 is 89.5 Å². The summed E-state index contributed by atoms with van der Waals surface area (Å²) in [5, 5.41) is 6.69. The molecule has 12 heteroatoms. The van der Waals surface area contributed by atoms with Gasteiger partial charge >= 0.3 is 11.9 Å². The maximum atomic E-state index is 13.2. The van der Waals surface area contributed by atoms with Gasteiger partial charge in [0, 0.05) is 28.4 Å². The Morgan fingerprint density at radius 3 is 1.81 bits per heavy atom. The van der Waals surface area contributed by atoms with Crippen LogP contribution in [-0.2, 0) is 32.2 Å². The molecule has 5 fully saturated rings. The highest BCUT2D eigenvalue weighted by Crippen LogP contribution is 2.77. The molecule has 7 N–H and O–H groups in total. The van der Waals surface area contributed by atoms with E-state index in [2.05, 4.69) is 167 Å². The molecule has 5 saturated carbocycles. The second-order valence-electron chi connectivity index (χ2n) is 25.2. The number of likely N-dealkylation sites (N-methyl/N-ethyl adjacent to an activating group) is 2. The minimum absolute atomic E-state index is 0. The molecular formula is C65H114Cl4N4O4. The summed E-state index contributed by atoms with van der Waals surface area (Å²) in [5.74, 6) is 2.80. The van der Waals surface area contributed by atoms with Crippen LogP contribution in [0.1, 0.15) is 196 Å². The highest BCUT2D eigenvalue weighted by atomic mass is 35.5. The molecule has 77 heavy (non-hydrogen) atoms. The predicted molar refractivity (Wildman–Crippen MR) is 304 cm³/mol. The fourth-order valence-electron chi connectivity index (χ4n) is 15.7. The Morgan fingerprint density at radius 1 is 0.662 bits per heavy atom. The number of quaternary nitrogens is 4. The van der Waals surface area contributed by atoms with Crippen molar-refractivity contribution in [2.45, 2.75) is 205 Å². The maximum absolute atomic E-state index is 13.2. The highest BCUT2D eigenvalue weighted by Gasteiger charge is 2.71. The van der Waals surface area contributed by atoms with Gasteiger partial charge in [0.15, 0.2) is 6.54 Å². The minimum Gasteiger partial charge on any atom is -1.00 e. The number of halogens is 4. The number of hydrogen-bond acceptors (Lipinski definition) is 4. The van der Waals surface area contributed by atoms with Gasteiger partial charge in [0.2, 0.25) is 0 Å². The molecule has 0 amide bonds. The van der Waals surface area contributed by atoms with Gasteiger partial charge in [0.25, 0.3) is 0 Å². The lowest BCUT2D eigenvalue weighted by Crippen LogP contribution is -3.11. The maximum Gasteiger partial charge on any atom is 0.361 e. The standard InChI is InChI=1S/C45H70N2O4.C10H16N2.2C5H12.4ClH/c1-10-38(48)51-37-20-21-42(6)35(41(37,4)5)19-22-44(8)36(42)17-16-34-40-33(31(2)3)18-23-45(40,25-24-43(34,44)7)30-50-39(49)28-46-26-27-47(9)29-32-14-12-11-13-15-32;1-11-7-8-12-9-10-5-3-2-4-6-10;2*1-3-5-4-2;;;;/h11-15,33-37,40,46H,2,10,16-30H2,1,3-9H3;2-6,11-12H,7-9H2,1H3;2*3-5H2,1-2H3;4*1H/t33-,34?,35?,36?,37-,40?,42-,43+,44+,45+;;;;;;;/m0......./s1. The van der Waals surface area contributed by atoms with E-state index in [0.29, 0.717) is 49.2 Å². The van der Waals surface area contributed by atoms with E-state index in [4.69, 9.17) is 9.47 Å². The van der Waals surface area contributed by atoms with E-state index in [0.717, 1.165) is 51.9 Å². The van der Waals surface area contributed by atoms with Crippen LogP contribution in [0.15, 0.2) is 72.8 Å². The Hall–Kier alpha value is -1.88. The van der Waals surface area contributed by atoms with Crippen molar-refractivity contribution in [1.29, 1.82) is 0 Å². The number of nitrogens with one attached hydrogen (secondary N) is 1. The third kappa shape index (κ3) is 19.6. The van der Waals surface area contributed by atoms with Crippen molar-refractivity contribution in [3.05, 3.63) is 83.9 Å². The molecule has 0 heterocycles. The molecule has 5 aliphatic carbocycles. The summed E-state index contributed by atoms with van der Waals surface area (Å²) in [6, 6.07) is 21.2. The molecule has 0 saturated heterocycles. The van der Waals surface area contributed by atoms with Gasteiger partial charge < -0.3 is 80.0 Å². The number of unbranched alkanes of at least 4 members (excludes halogenated alkanes) is 4. The molecule has 0 bridgehead atoms. The van der Waals surface area contributed by atoms with Crippen LogP contribution < -0.4 is 70.5 Å². The van der Waals surface area contributed by atoms with Gasteiger partial charge in [0.05, 0.1) is 20.7 Å². The number of hydrogen-bond donors (Lipinski definition) is 4. The van der Waals surface area contributed by atoms with Crippen molar-refractivity contribution in [2.75, 3.05) is 53.4 Å².